The van der Waals surface area contributed by atoms with Crippen LogP contribution >= 0.6 is 0 Å². The maximum absolute atomic E-state index is 13.5. The third-order valence-corrected chi connectivity index (χ3v) is 7.06. The molecule has 3 aliphatic rings. The fraction of sp³-hybridized carbons (Fsp3) is 0.357. The first-order valence-electron chi connectivity index (χ1n) is 11.6. The van der Waals surface area contributed by atoms with E-state index in [4.69, 9.17) is 0 Å². The molecule has 2 N–H and O–H groups in total. The van der Waals surface area contributed by atoms with Gasteiger partial charge in [-0.25, -0.2) is 0 Å². The summed E-state index contributed by atoms with van der Waals surface area (Å²) in [7, 11) is 0. The highest BCUT2D eigenvalue weighted by molar-refractivity contribution is 6.28. The number of imide groups is 1. The highest BCUT2D eigenvalue weighted by atomic mass is 16.3. The minimum Gasteiger partial charge on any atom is -0.507 e. The fourth-order valence-electron chi connectivity index (χ4n) is 6.07. The summed E-state index contributed by atoms with van der Waals surface area (Å²) in [5.41, 5.74) is -1.23. The Balaban J connectivity index is 1.65. The van der Waals surface area contributed by atoms with Crippen molar-refractivity contribution in [3.63, 3.8) is 0 Å². The fourth-order valence-corrected chi connectivity index (χ4v) is 6.07. The Bertz CT molecular complexity index is 1340. The van der Waals surface area contributed by atoms with Crippen LogP contribution < -0.4 is 0 Å². The number of ketones is 2. The smallest absolute Gasteiger partial charge is 0.261 e. The van der Waals surface area contributed by atoms with E-state index in [0.29, 0.717) is 6.42 Å². The van der Waals surface area contributed by atoms with Crippen molar-refractivity contribution in [3.05, 3.63) is 58.7 Å². The van der Waals surface area contributed by atoms with Gasteiger partial charge in [0.05, 0.1) is 23.0 Å². The molecule has 1 aliphatic heterocycles. The number of phenolic OH excluding ortho intramolecular Hbond substituents is 2. The van der Waals surface area contributed by atoms with E-state index in [9.17, 15) is 29.4 Å². The molecule has 2 atom stereocenters. The minimum atomic E-state index is -1.05. The van der Waals surface area contributed by atoms with E-state index in [0.717, 1.165) is 0 Å². The van der Waals surface area contributed by atoms with Gasteiger partial charge >= 0.3 is 0 Å². The number of rotatable bonds is 2. The number of carbonyl (C=O) groups is 4. The van der Waals surface area contributed by atoms with Gasteiger partial charge in [-0.2, -0.15) is 0 Å². The van der Waals surface area contributed by atoms with Crippen LogP contribution in [0, 0.1) is 17.3 Å². The third-order valence-electron chi connectivity index (χ3n) is 7.06. The Morgan fingerprint density at radius 3 is 1.51 bits per heavy atom. The number of hydrogen-bond donors (Lipinski definition) is 2. The molecule has 2 amide bonds. The standard InChI is InChI=1S/C28H27NO6/c1-27(2,3)12-28(4,5)29-25(34)17-10-15-16(11-18(17)26(29)35)24(33)20-19(23(15)32)21(30)13-8-6-7-9-14(13)22(20)31/h6-11,15-16,30-31H,12H2,1-5H3. The number of fused-ring (bicyclic) bond motifs is 4. The van der Waals surface area contributed by atoms with E-state index in [1.807, 2.05) is 34.6 Å². The lowest BCUT2D eigenvalue weighted by Gasteiger charge is -2.38. The molecule has 7 heteroatoms. The quantitative estimate of drug-likeness (QED) is 0.497. The largest absolute Gasteiger partial charge is 0.507 e. The molecule has 2 aromatic rings. The number of hydrogen-bond acceptors (Lipinski definition) is 6. The van der Waals surface area contributed by atoms with E-state index in [1.54, 1.807) is 24.3 Å². The Hall–Kier alpha value is -3.74. The van der Waals surface area contributed by atoms with Crippen LogP contribution in [-0.4, -0.2) is 44.0 Å². The van der Waals surface area contributed by atoms with E-state index < -0.39 is 40.8 Å². The second-order valence-electron chi connectivity index (χ2n) is 11.4. The molecule has 0 spiro atoms. The van der Waals surface area contributed by atoms with Gasteiger partial charge in [0.2, 0.25) is 0 Å². The van der Waals surface area contributed by atoms with Crippen molar-refractivity contribution in [1.29, 1.82) is 0 Å². The maximum atomic E-state index is 13.5. The lowest BCUT2D eigenvalue weighted by Crippen LogP contribution is -2.49. The number of amides is 2. The van der Waals surface area contributed by atoms with Crippen LogP contribution in [0.4, 0.5) is 0 Å². The van der Waals surface area contributed by atoms with Gasteiger partial charge in [-0.3, -0.25) is 24.1 Å². The van der Waals surface area contributed by atoms with E-state index in [2.05, 4.69) is 0 Å². The summed E-state index contributed by atoms with van der Waals surface area (Å²) < 4.78 is 0. The number of phenols is 2. The molecule has 2 unspecified atom stereocenters. The van der Waals surface area contributed by atoms with Crippen LogP contribution in [0.25, 0.3) is 10.8 Å². The summed E-state index contributed by atoms with van der Waals surface area (Å²) in [5, 5.41) is 22.3. The zero-order chi connectivity index (χ0) is 25.6. The van der Waals surface area contributed by atoms with Crippen molar-refractivity contribution in [2.24, 2.45) is 17.3 Å². The summed E-state index contributed by atoms with van der Waals surface area (Å²) in [4.78, 5) is 55.1. The molecule has 1 heterocycles. The van der Waals surface area contributed by atoms with Crippen LogP contribution in [0.1, 0.15) is 61.8 Å². The van der Waals surface area contributed by atoms with Gasteiger partial charge < -0.3 is 10.2 Å². The first-order valence-corrected chi connectivity index (χ1v) is 11.6. The monoisotopic (exact) mass is 473 g/mol. The molecular formula is C28H27NO6. The van der Waals surface area contributed by atoms with Crippen LogP contribution in [0.5, 0.6) is 11.5 Å². The Kier molecular flexibility index (Phi) is 4.69. The third kappa shape index (κ3) is 3.17. The molecule has 7 nitrogen and oxygen atoms in total. The first-order chi connectivity index (χ1) is 16.2. The lowest BCUT2D eigenvalue weighted by atomic mass is 9.69. The van der Waals surface area contributed by atoms with Crippen molar-refractivity contribution in [2.75, 3.05) is 0 Å². The molecule has 0 aromatic heterocycles. The van der Waals surface area contributed by atoms with Crippen LogP contribution in [0.3, 0.4) is 0 Å². The average Bonchev–Trinajstić information content (AvgIpc) is 3.02. The number of aromatic hydroxyl groups is 2. The highest BCUT2D eigenvalue weighted by Gasteiger charge is 2.52. The summed E-state index contributed by atoms with van der Waals surface area (Å²) in [5.74, 6) is -4.99. The number of Topliss-reactive ketones (excluding diaryl/α,β-unsaturated/α-hetero) is 2. The minimum absolute atomic E-state index is 0.104. The van der Waals surface area contributed by atoms with Crippen LogP contribution in [0.15, 0.2) is 47.6 Å². The predicted octanol–water partition coefficient (Wildman–Crippen LogP) is 4.31. The summed E-state index contributed by atoms with van der Waals surface area (Å²) in [6.45, 7) is 9.73. The summed E-state index contributed by atoms with van der Waals surface area (Å²) in [6, 6.07) is 6.42. The predicted molar refractivity (Wildman–Crippen MR) is 129 cm³/mol. The zero-order valence-electron chi connectivity index (χ0n) is 20.3. The Labute approximate surface area is 202 Å². The topological polar surface area (TPSA) is 112 Å². The molecule has 2 aliphatic carbocycles. The van der Waals surface area contributed by atoms with Gasteiger partial charge in [0.15, 0.2) is 11.6 Å². The van der Waals surface area contributed by atoms with Crippen molar-refractivity contribution in [3.8, 4) is 11.5 Å². The van der Waals surface area contributed by atoms with E-state index in [1.165, 1.54) is 17.1 Å². The van der Waals surface area contributed by atoms with Crippen LogP contribution in [0.2, 0.25) is 0 Å². The Morgan fingerprint density at radius 2 is 1.14 bits per heavy atom. The highest BCUT2D eigenvalue weighted by Crippen LogP contribution is 2.49. The molecule has 180 valence electrons. The van der Waals surface area contributed by atoms with Crippen molar-refractivity contribution >= 4 is 34.2 Å². The van der Waals surface area contributed by atoms with Crippen molar-refractivity contribution in [1.82, 2.24) is 4.90 Å². The van der Waals surface area contributed by atoms with Crippen LogP contribution in [-0.2, 0) is 9.59 Å². The lowest BCUT2D eigenvalue weighted by molar-refractivity contribution is -0.143. The summed E-state index contributed by atoms with van der Waals surface area (Å²) >= 11 is 0. The van der Waals surface area contributed by atoms with Gasteiger partial charge in [0, 0.05) is 27.5 Å². The molecule has 2 aromatic carbocycles. The normalized spacial score (nSPS) is 22.1. The number of carbonyl (C=O) groups excluding carboxylic acids is 4. The van der Waals surface area contributed by atoms with E-state index >= 15 is 0 Å². The SMILES string of the molecule is CC(C)(C)CC(C)(C)N1C(=O)C2=CC3C(=O)c4c(c(O)c5ccccc5c4O)C(=O)C3C=C2C1=O. The molecule has 1 saturated heterocycles. The number of benzene rings is 2. The van der Waals surface area contributed by atoms with Gasteiger partial charge in [-0.15, -0.1) is 0 Å². The van der Waals surface area contributed by atoms with Gasteiger partial charge in [0.1, 0.15) is 11.5 Å². The Morgan fingerprint density at radius 1 is 0.743 bits per heavy atom. The molecule has 0 radical (unpaired) electrons. The molecule has 0 bridgehead atoms. The summed E-state index contributed by atoms with van der Waals surface area (Å²) in [6.07, 6.45) is 3.34. The maximum Gasteiger partial charge on any atom is 0.261 e. The molecule has 5 rings (SSSR count). The molecule has 1 fully saturated rings. The van der Waals surface area contributed by atoms with Crippen molar-refractivity contribution < 1.29 is 29.4 Å². The average molecular weight is 474 g/mol. The molecular weight excluding hydrogens is 446 g/mol. The molecule has 0 saturated carbocycles. The first kappa shape index (κ1) is 23.0. The van der Waals surface area contributed by atoms with Gasteiger partial charge in [0.25, 0.3) is 11.8 Å². The van der Waals surface area contributed by atoms with Gasteiger partial charge in [-0.1, -0.05) is 57.2 Å². The second kappa shape index (κ2) is 7.13. The van der Waals surface area contributed by atoms with E-state index in [-0.39, 0.29) is 50.0 Å². The number of likely N-dealkylation sites (tertiary alicyclic amines) is 1. The van der Waals surface area contributed by atoms with Gasteiger partial charge in [-0.05, 0) is 25.7 Å². The molecule has 35 heavy (non-hydrogen) atoms. The van der Waals surface area contributed by atoms with Crippen molar-refractivity contribution in [2.45, 2.75) is 46.6 Å². The number of allylic oxidation sites excluding steroid dienone is 2. The second-order valence-corrected chi connectivity index (χ2v) is 11.4. The zero-order valence-corrected chi connectivity index (χ0v) is 20.3. The number of nitrogens with zero attached hydrogens (tertiary/aromatic N) is 1.